The Hall–Kier alpha value is -5.07. The molecule has 40 nitrogen and oxygen atoms in total. The first-order valence-corrected chi connectivity index (χ1v) is 42.1. The number of nitrogens with two attached hydrogens (primary N) is 4. The maximum atomic E-state index is 16.3. The van der Waals surface area contributed by atoms with E-state index in [0.717, 1.165) is 0 Å². The highest BCUT2D eigenvalue weighted by Crippen LogP contribution is 2.60. The number of aromatic nitrogens is 16. The van der Waals surface area contributed by atoms with Crippen LogP contribution in [0.4, 0.5) is 32.3 Å². The van der Waals surface area contributed by atoms with Crippen molar-refractivity contribution in [3.05, 3.63) is 58.7 Å². The van der Waals surface area contributed by atoms with Gasteiger partial charge in [-0.05, 0) is 53.6 Å². The molecule has 51 heteroatoms. The van der Waals surface area contributed by atoms with Gasteiger partial charge in [-0.25, -0.2) is 53.2 Å². The molecule has 6 saturated heterocycles. The van der Waals surface area contributed by atoms with Crippen molar-refractivity contribution in [2.75, 3.05) is 49.4 Å². The molecule has 0 saturated carbocycles. The third-order valence-corrected chi connectivity index (χ3v) is 27.5. The van der Waals surface area contributed by atoms with Crippen molar-refractivity contribution in [3.8, 4) is 0 Å². The van der Waals surface area contributed by atoms with Crippen LogP contribution in [0.2, 0.25) is 18.1 Å². The standard InChI is InChI=1S/C26H37FN10O10P2S2Si.C20H23FN10O10P2S2.2CH4/c1-26(2,3)52(4,5)47-17-12-7-42-48(39,50)45-16-11(43-23(13(16)27)36-9-32-14-19(28)30-8-31-20(14)36)6-41-49(40,51)46-18(17)24(44-12)37-10-33-15-21(37)34-25(29)35-22(15)38;21-8-12-7(39-18(8)30-4-26-9-14(22)24-3-25-15(9)30)2-37-43(35,45)41-13-11(32)6(1-36-42(34,44)40-12)38-19(13)31-5-27-10-16(31)28-20(23)29-17(10)33;;/h8-13,16-18,23-24H,6-7H2,1-5H3,(H,39,50)(H,40,51)(H2,28,30,31)(H3,29,34,35,38);3-8,11-13,18-19,32H,1-2H2,(H,34,44)(H,35,45)(H2,22,24,25)(H3,23,28,29,33);2*1H4/t11-,12-,13?,16+,17+,18?,23-,24-,48?,49?;6-,7-,8?,11+,12+,13?,18-,19-,42?,43?;;/m11../s1. The molecule has 14 rings (SSSR count). The summed E-state index contributed by atoms with van der Waals surface area (Å²) in [6, 6.07) is 0. The Bertz CT molecular complexity index is 4700. The Kier molecular flexibility index (Phi) is 21.1. The molecule has 0 radical (unpaired) electrons. The molecule has 14 heterocycles. The van der Waals surface area contributed by atoms with Gasteiger partial charge in [-0.15, -0.1) is 0 Å². The summed E-state index contributed by atoms with van der Waals surface area (Å²) in [5.41, 5.74) is 22.6. The number of anilines is 4. The second kappa shape index (κ2) is 27.8. The van der Waals surface area contributed by atoms with E-state index in [0.29, 0.717) is 0 Å². The summed E-state index contributed by atoms with van der Waals surface area (Å²) in [5.74, 6) is -0.300. The van der Waals surface area contributed by atoms with Crippen LogP contribution in [0.3, 0.4) is 0 Å². The summed E-state index contributed by atoms with van der Waals surface area (Å²) in [7, 11) is -2.68. The van der Waals surface area contributed by atoms with Crippen LogP contribution in [-0.2, 0) is 99.5 Å². The molecule has 0 amide bonds. The Morgan fingerprint density at radius 1 is 0.566 bits per heavy atom. The summed E-state index contributed by atoms with van der Waals surface area (Å²) in [6.07, 6.45) is -15.7. The van der Waals surface area contributed by atoms with Crippen molar-refractivity contribution in [1.82, 2.24) is 78.1 Å². The summed E-state index contributed by atoms with van der Waals surface area (Å²) < 4.78 is 128. The first-order valence-electron chi connectivity index (χ1n) is 28.8. The van der Waals surface area contributed by atoms with Gasteiger partial charge in [0.15, 0.2) is 90.8 Å². The number of aliphatic hydroxyl groups is 1. The number of alkyl halides is 2. The summed E-state index contributed by atoms with van der Waals surface area (Å²) in [4.78, 5) is 104. The predicted octanol–water partition coefficient (Wildman–Crippen LogP) is 2.86. The highest BCUT2D eigenvalue weighted by Gasteiger charge is 2.58. The predicted molar refractivity (Wildman–Crippen MR) is 361 cm³/mol. The molecule has 14 N–H and O–H groups in total. The number of rotatable bonds is 6. The summed E-state index contributed by atoms with van der Waals surface area (Å²) in [6.45, 7) is -9.49. The van der Waals surface area contributed by atoms with Crippen LogP contribution in [0.1, 0.15) is 60.5 Å². The topological polar surface area (TPSA) is 536 Å². The molecule has 6 aliphatic rings. The maximum absolute atomic E-state index is 16.3. The first-order chi connectivity index (χ1) is 45.6. The molecule has 4 bridgehead atoms. The Labute approximate surface area is 579 Å². The van der Waals surface area contributed by atoms with Gasteiger partial charge in [0.1, 0.15) is 84.7 Å². The van der Waals surface area contributed by atoms with E-state index in [9.17, 15) is 33.9 Å². The average molecular weight is 1560 g/mol. The summed E-state index contributed by atoms with van der Waals surface area (Å²) >= 11 is 20.1. The average Bonchev–Trinajstić information content (AvgIpc) is 1.63. The monoisotopic (exact) mass is 1560 g/mol. The molecule has 8 aromatic rings. The smallest absolute Gasteiger partial charge is 0.386 e. The number of thiol groups is 1. The van der Waals surface area contributed by atoms with E-state index in [1.165, 1.54) is 56.2 Å². The number of nitrogen functional groups attached to an aromatic ring is 4. The van der Waals surface area contributed by atoms with E-state index in [2.05, 4.69) is 72.1 Å². The van der Waals surface area contributed by atoms with Gasteiger partial charge in [0.2, 0.25) is 11.9 Å². The van der Waals surface area contributed by atoms with Gasteiger partial charge >= 0.3 is 27.0 Å². The number of nitrogens with one attached hydrogen (secondary N) is 2. The van der Waals surface area contributed by atoms with Crippen molar-refractivity contribution in [3.63, 3.8) is 0 Å². The Morgan fingerprint density at radius 3 is 1.40 bits per heavy atom. The largest absolute Gasteiger partial charge is 0.408 e. The van der Waals surface area contributed by atoms with Crippen LogP contribution >= 0.6 is 39.2 Å². The number of ether oxygens (including phenoxy) is 4. The fourth-order valence-corrected chi connectivity index (χ4v) is 18.2. The van der Waals surface area contributed by atoms with Gasteiger partial charge in [0.05, 0.1) is 51.7 Å². The van der Waals surface area contributed by atoms with Crippen LogP contribution in [0.5, 0.6) is 0 Å². The number of H-pyrrole nitrogens is 2. The lowest BCUT2D eigenvalue weighted by Gasteiger charge is -2.40. The van der Waals surface area contributed by atoms with Crippen LogP contribution < -0.4 is 34.1 Å². The van der Waals surface area contributed by atoms with E-state index in [-0.39, 0.29) is 88.1 Å². The zero-order chi connectivity index (χ0) is 69.4. The molecule has 0 spiro atoms. The van der Waals surface area contributed by atoms with Gasteiger partial charge < -0.3 is 79.7 Å². The number of nitrogens with zero attached hydrogens (tertiary/aromatic N) is 14. The number of imidazole rings is 4. The fourth-order valence-electron chi connectivity index (χ4n) is 11.2. The minimum absolute atomic E-state index is 0. The lowest BCUT2D eigenvalue weighted by molar-refractivity contribution is -0.0602. The second-order valence-electron chi connectivity index (χ2n) is 24.0. The molecule has 542 valence electrons. The number of aliphatic hydroxyl groups excluding tert-OH is 1. The molecular formula is C48H68F2N20O20P4S4Si. The van der Waals surface area contributed by atoms with Crippen LogP contribution in [0, 0.1) is 0 Å². The number of aromatic amines is 2. The van der Waals surface area contributed by atoms with Gasteiger partial charge in [0, 0.05) is 0 Å². The van der Waals surface area contributed by atoms with Crippen LogP contribution in [0.15, 0.2) is 47.6 Å². The van der Waals surface area contributed by atoms with E-state index < -0.39 is 171 Å². The van der Waals surface area contributed by atoms with Crippen molar-refractivity contribution >= 4 is 151 Å². The molecule has 20 atom stereocenters. The third-order valence-electron chi connectivity index (χ3n) is 16.8. The van der Waals surface area contributed by atoms with Gasteiger partial charge in [-0.1, -0.05) is 47.9 Å². The zero-order valence-electron chi connectivity index (χ0n) is 50.6. The third kappa shape index (κ3) is 14.7. The highest BCUT2D eigenvalue weighted by atomic mass is 32.7. The lowest BCUT2D eigenvalue weighted by atomic mass is 10.1. The molecule has 0 aromatic carbocycles. The minimum Gasteiger partial charge on any atom is -0.408 e. The van der Waals surface area contributed by atoms with E-state index in [1.54, 1.807) is 0 Å². The zero-order valence-corrected chi connectivity index (χ0v) is 58.6. The molecule has 6 aliphatic heterocycles. The Morgan fingerprint density at radius 2 is 0.939 bits per heavy atom. The first kappa shape index (κ1) is 75.1. The quantitative estimate of drug-likeness (QED) is 0.0647. The number of fused-ring (bicyclic) bond motifs is 10. The molecule has 8 aromatic heterocycles. The molecule has 8 unspecified atom stereocenters. The second-order valence-corrected chi connectivity index (χ2v) is 40.0. The van der Waals surface area contributed by atoms with E-state index >= 15 is 8.78 Å². The highest BCUT2D eigenvalue weighted by molar-refractivity contribution is 8.44. The maximum Gasteiger partial charge on any atom is 0.386 e. The Balaban J connectivity index is 0.000000198. The number of hydrogen-bond acceptors (Lipinski definition) is 34. The summed E-state index contributed by atoms with van der Waals surface area (Å²) in [5, 5.41) is 10.8. The molecule has 0 aliphatic carbocycles. The van der Waals surface area contributed by atoms with Gasteiger partial charge in [0.25, 0.3) is 11.1 Å². The van der Waals surface area contributed by atoms with Crippen molar-refractivity contribution in [2.45, 2.75) is 152 Å². The molecular weight excluding hydrogens is 1490 g/mol. The molecule has 99 heavy (non-hydrogen) atoms. The normalized spacial score (nSPS) is 35.5. The van der Waals surface area contributed by atoms with Crippen LogP contribution in [0.25, 0.3) is 44.7 Å². The number of hydrogen-bond donors (Lipinski definition) is 11. The SMILES string of the molecule is C.C.CC(C)(C)[Si](C)(C)O[C@@H]1C2OP(O)(=S)OC[C@H]3O[C@@H](n4cnc5c(N)ncnc54)C(F)[C@H]3OP(=O)(S)OC[C@H]1O[C@H]2n1cnc2c(=O)[nH]c(N)nc21.Nc1nc2c(ncn2[C@@H]2O[C@@H]3COP(O)(=S)O[C@@H]4C(F)[C@H](n5cnc6c(N)ncnc65)O[C@@H]4COP(O)(=S)OC2[C@H]3O)c(=O)[nH]1. The van der Waals surface area contributed by atoms with Gasteiger partial charge in [-0.2, -0.15) is 9.97 Å². The lowest BCUT2D eigenvalue weighted by Crippen LogP contribution is -2.50. The number of halogens is 2. The van der Waals surface area contributed by atoms with E-state index in [4.69, 9.17) is 118 Å². The van der Waals surface area contributed by atoms with Crippen molar-refractivity contribution in [2.24, 2.45) is 0 Å². The molecule has 6 fully saturated rings. The van der Waals surface area contributed by atoms with Crippen molar-refractivity contribution in [1.29, 1.82) is 0 Å². The van der Waals surface area contributed by atoms with Crippen molar-refractivity contribution < 1.29 is 92.7 Å². The van der Waals surface area contributed by atoms with Gasteiger partial charge in [-0.3, -0.25) is 60.4 Å². The van der Waals surface area contributed by atoms with E-state index in [1.807, 2.05) is 33.9 Å². The van der Waals surface area contributed by atoms with Crippen LogP contribution in [-0.4, -0.2) is 206 Å². The minimum atomic E-state index is -4.42. The fraction of sp³-hybridized carbons (Fsp3) is 0.583.